The molecule has 9 heteroatoms. The first-order valence-corrected chi connectivity index (χ1v) is 7.45. The Bertz CT molecular complexity index is 810. The molecule has 0 unspecified atom stereocenters. The summed E-state index contributed by atoms with van der Waals surface area (Å²) >= 11 is 0. The maximum Gasteiger partial charge on any atom is 0.416 e. The second-order valence-electron chi connectivity index (χ2n) is 5.75. The van der Waals surface area contributed by atoms with E-state index in [2.05, 4.69) is 0 Å². The van der Waals surface area contributed by atoms with Gasteiger partial charge in [-0.1, -0.05) is 11.6 Å². The van der Waals surface area contributed by atoms with Gasteiger partial charge < -0.3 is 10.2 Å². The minimum absolute atomic E-state index is 0.275. The van der Waals surface area contributed by atoms with Crippen molar-refractivity contribution in [2.75, 3.05) is 0 Å². The number of hydrogen-bond donors (Lipinski definition) is 2. The second kappa shape index (κ2) is 8.43. The highest BCUT2D eigenvalue weighted by Crippen LogP contribution is 2.31. The molecule has 0 atom stereocenters. The third-order valence-corrected chi connectivity index (χ3v) is 3.30. The lowest BCUT2D eigenvalue weighted by Crippen LogP contribution is -2.08. The van der Waals surface area contributed by atoms with Crippen LogP contribution in [-0.4, -0.2) is 16.2 Å². The van der Waals surface area contributed by atoms with Crippen LogP contribution in [0.2, 0.25) is 0 Å². The van der Waals surface area contributed by atoms with E-state index in [9.17, 15) is 31.1 Å². The van der Waals surface area contributed by atoms with Gasteiger partial charge in [-0.2, -0.15) is 26.3 Å². The van der Waals surface area contributed by atoms with E-state index in [1.165, 1.54) is 19.1 Å². The van der Waals surface area contributed by atoms with E-state index in [4.69, 9.17) is 10.2 Å². The van der Waals surface area contributed by atoms with Crippen molar-refractivity contribution in [2.45, 2.75) is 32.8 Å². The van der Waals surface area contributed by atoms with Crippen LogP contribution in [0, 0.1) is 13.8 Å². The highest BCUT2D eigenvalue weighted by atomic mass is 19.4. The molecule has 2 N–H and O–H groups in total. The van der Waals surface area contributed by atoms with E-state index in [0.29, 0.717) is 11.6 Å². The summed E-state index contributed by atoms with van der Waals surface area (Å²) in [4.78, 5) is 10.5. The Labute approximate surface area is 150 Å². The molecule has 2 aromatic carbocycles. The van der Waals surface area contributed by atoms with Crippen LogP contribution in [0.5, 0.6) is 0 Å². The predicted molar refractivity (Wildman–Crippen MR) is 85.2 cm³/mol. The van der Waals surface area contributed by atoms with Gasteiger partial charge in [0.05, 0.1) is 23.3 Å². The number of aliphatic hydroxyl groups is 1. The number of benzene rings is 2. The molecule has 0 aromatic heterocycles. The largest absolute Gasteiger partial charge is 0.478 e. The number of carboxylic acids is 1. The van der Waals surface area contributed by atoms with Crippen LogP contribution in [-0.2, 0) is 19.0 Å². The van der Waals surface area contributed by atoms with Crippen LogP contribution in [0.3, 0.4) is 0 Å². The van der Waals surface area contributed by atoms with Crippen molar-refractivity contribution in [3.8, 4) is 0 Å². The molecule has 0 radical (unpaired) electrons. The SMILES string of the molecule is Cc1cc(C(=O)O)cc(C(F)(F)F)c1.Cc1cc(CO)cc(C(F)(F)F)c1. The first kappa shape index (κ1) is 22.5. The van der Waals surface area contributed by atoms with E-state index in [1.807, 2.05) is 0 Å². The zero-order valence-corrected chi connectivity index (χ0v) is 14.2. The topological polar surface area (TPSA) is 57.5 Å². The molecule has 0 saturated carbocycles. The minimum Gasteiger partial charge on any atom is -0.478 e. The average Bonchev–Trinajstić information content (AvgIpc) is 2.52. The number of aryl methyl sites for hydroxylation is 2. The van der Waals surface area contributed by atoms with Gasteiger partial charge in [0.1, 0.15) is 0 Å². The number of carbonyl (C=O) groups is 1. The summed E-state index contributed by atoms with van der Waals surface area (Å²) in [6.07, 6.45) is -8.84. The van der Waals surface area contributed by atoms with Crippen molar-refractivity contribution < 1.29 is 41.4 Å². The Kier molecular flexibility index (Phi) is 7.02. The fourth-order valence-electron chi connectivity index (χ4n) is 2.19. The predicted octanol–water partition coefficient (Wildman–Crippen LogP) is 5.22. The lowest BCUT2D eigenvalue weighted by molar-refractivity contribution is -0.138. The van der Waals surface area contributed by atoms with Crippen molar-refractivity contribution in [1.82, 2.24) is 0 Å². The first-order chi connectivity index (χ1) is 12.2. The molecule has 2 rings (SSSR count). The van der Waals surface area contributed by atoms with Gasteiger partial charge in [0.15, 0.2) is 0 Å². The molecule has 0 bridgehead atoms. The number of alkyl halides is 6. The summed E-state index contributed by atoms with van der Waals surface area (Å²) in [5, 5.41) is 17.2. The quantitative estimate of drug-likeness (QED) is 0.687. The molecule has 0 fully saturated rings. The second-order valence-corrected chi connectivity index (χ2v) is 5.75. The number of aromatic carboxylic acids is 1. The fraction of sp³-hybridized carbons (Fsp3) is 0.278. The summed E-state index contributed by atoms with van der Waals surface area (Å²) in [6.45, 7) is 2.61. The summed E-state index contributed by atoms with van der Waals surface area (Å²) in [5.41, 5.74) is -0.938. The lowest BCUT2D eigenvalue weighted by atomic mass is 10.1. The monoisotopic (exact) mass is 394 g/mol. The summed E-state index contributed by atoms with van der Waals surface area (Å²) < 4.78 is 73.3. The van der Waals surface area contributed by atoms with Crippen molar-refractivity contribution in [1.29, 1.82) is 0 Å². The van der Waals surface area contributed by atoms with Crippen LogP contribution in [0.15, 0.2) is 36.4 Å². The molecule has 0 heterocycles. The standard InChI is InChI=1S/C9H7F3O2.C9H9F3O/c1-5-2-6(8(13)14)4-7(3-5)9(10,11)12;1-6-2-7(5-13)4-8(3-6)9(10,11)12/h2-4H,1H3,(H,13,14);2-4,13H,5H2,1H3. The van der Waals surface area contributed by atoms with Gasteiger partial charge in [0.2, 0.25) is 0 Å². The molecule has 0 spiro atoms. The third kappa shape index (κ3) is 6.93. The Morgan fingerprint density at radius 1 is 0.815 bits per heavy atom. The van der Waals surface area contributed by atoms with Gasteiger partial charge in [-0.05, 0) is 55.3 Å². The minimum atomic E-state index is -4.50. The molecule has 27 heavy (non-hydrogen) atoms. The van der Waals surface area contributed by atoms with E-state index >= 15 is 0 Å². The molecule has 0 amide bonds. The number of aliphatic hydroxyl groups excluding tert-OH is 1. The number of carboxylic acid groups (broad SMARTS) is 1. The van der Waals surface area contributed by atoms with Crippen molar-refractivity contribution in [3.05, 3.63) is 69.8 Å². The van der Waals surface area contributed by atoms with Gasteiger partial charge in [0.25, 0.3) is 0 Å². The van der Waals surface area contributed by atoms with Crippen LogP contribution in [0.4, 0.5) is 26.3 Å². The number of halogens is 6. The molecule has 0 aliphatic carbocycles. The van der Waals surface area contributed by atoms with Crippen LogP contribution in [0.1, 0.15) is 38.2 Å². The molecular formula is C18H16F6O3. The van der Waals surface area contributed by atoms with Crippen LogP contribution in [0.25, 0.3) is 0 Å². The summed E-state index contributed by atoms with van der Waals surface area (Å²) in [6, 6.07) is 6.25. The Morgan fingerprint density at radius 2 is 1.26 bits per heavy atom. The van der Waals surface area contributed by atoms with E-state index in [0.717, 1.165) is 18.2 Å². The number of rotatable bonds is 2. The molecule has 0 aliphatic heterocycles. The van der Waals surface area contributed by atoms with Gasteiger partial charge in [0, 0.05) is 0 Å². The molecular weight excluding hydrogens is 378 g/mol. The maximum absolute atomic E-state index is 12.2. The molecule has 3 nitrogen and oxygen atoms in total. The van der Waals surface area contributed by atoms with E-state index in [-0.39, 0.29) is 23.3 Å². The van der Waals surface area contributed by atoms with Crippen LogP contribution < -0.4 is 0 Å². The fourth-order valence-corrected chi connectivity index (χ4v) is 2.19. The van der Waals surface area contributed by atoms with Gasteiger partial charge in [-0.15, -0.1) is 0 Å². The molecule has 2 aromatic rings. The van der Waals surface area contributed by atoms with Gasteiger partial charge >= 0.3 is 18.3 Å². The van der Waals surface area contributed by atoms with E-state index < -0.39 is 29.4 Å². The lowest BCUT2D eigenvalue weighted by Gasteiger charge is -2.09. The summed E-state index contributed by atoms with van der Waals surface area (Å²) in [7, 11) is 0. The van der Waals surface area contributed by atoms with Gasteiger partial charge in [-0.25, -0.2) is 4.79 Å². The summed E-state index contributed by atoms with van der Waals surface area (Å²) in [5.74, 6) is -1.36. The smallest absolute Gasteiger partial charge is 0.416 e. The Hall–Kier alpha value is -2.55. The highest BCUT2D eigenvalue weighted by molar-refractivity contribution is 5.88. The van der Waals surface area contributed by atoms with E-state index in [1.54, 1.807) is 6.92 Å². The molecule has 148 valence electrons. The Balaban J connectivity index is 0.000000271. The van der Waals surface area contributed by atoms with Crippen molar-refractivity contribution in [3.63, 3.8) is 0 Å². The first-order valence-electron chi connectivity index (χ1n) is 7.45. The highest BCUT2D eigenvalue weighted by Gasteiger charge is 2.31. The molecule has 0 saturated heterocycles. The van der Waals surface area contributed by atoms with Crippen molar-refractivity contribution in [2.24, 2.45) is 0 Å². The van der Waals surface area contributed by atoms with Crippen LogP contribution >= 0.6 is 0 Å². The average molecular weight is 394 g/mol. The third-order valence-electron chi connectivity index (χ3n) is 3.30. The zero-order valence-electron chi connectivity index (χ0n) is 14.2. The Morgan fingerprint density at radius 3 is 1.67 bits per heavy atom. The van der Waals surface area contributed by atoms with Crippen molar-refractivity contribution >= 4 is 5.97 Å². The van der Waals surface area contributed by atoms with Gasteiger partial charge in [-0.3, -0.25) is 0 Å². The maximum atomic E-state index is 12.2. The molecule has 0 aliphatic rings. The number of hydrogen-bond acceptors (Lipinski definition) is 2. The zero-order chi connectivity index (χ0) is 21.0. The normalized spacial score (nSPS) is 11.6.